The first kappa shape index (κ1) is 21.0. The molecule has 0 bridgehead atoms. The van der Waals surface area contributed by atoms with E-state index in [0.717, 1.165) is 6.20 Å². The van der Waals surface area contributed by atoms with Crippen LogP contribution < -0.4 is 16.4 Å². The van der Waals surface area contributed by atoms with E-state index in [-0.39, 0.29) is 17.3 Å². The largest absolute Gasteiger partial charge is 0.405 e. The van der Waals surface area contributed by atoms with E-state index in [4.69, 9.17) is 5.73 Å². The summed E-state index contributed by atoms with van der Waals surface area (Å²) in [6, 6.07) is 3.89. The van der Waals surface area contributed by atoms with Crippen LogP contribution >= 0.6 is 0 Å². The fourth-order valence-corrected chi connectivity index (χ4v) is 2.86. The van der Waals surface area contributed by atoms with Gasteiger partial charge in [-0.3, -0.25) is 9.38 Å². The van der Waals surface area contributed by atoms with Crippen molar-refractivity contribution in [3.05, 3.63) is 55.0 Å². The summed E-state index contributed by atoms with van der Waals surface area (Å²) in [7, 11) is 0. The summed E-state index contributed by atoms with van der Waals surface area (Å²) in [5.74, 6) is -0.756. The molecular weight excluding hydrogens is 432 g/mol. The number of hydrogen-bond donors (Lipinski definition) is 3. The first-order valence-electron chi connectivity index (χ1n) is 9.02. The molecule has 4 N–H and O–H groups in total. The van der Waals surface area contributed by atoms with Gasteiger partial charge in [0.2, 0.25) is 0 Å². The molecule has 0 radical (unpaired) electrons. The Morgan fingerprint density at radius 1 is 1.09 bits per heavy atom. The van der Waals surface area contributed by atoms with Gasteiger partial charge in [0.25, 0.3) is 0 Å². The van der Waals surface area contributed by atoms with Gasteiger partial charge in [-0.2, -0.15) is 13.2 Å². The third kappa shape index (κ3) is 4.55. The lowest BCUT2D eigenvalue weighted by Crippen LogP contribution is -2.36. The van der Waals surface area contributed by atoms with E-state index in [1.807, 2.05) is 0 Å². The normalized spacial score (nSPS) is 11.5. The topological polar surface area (TPSA) is 123 Å². The zero-order valence-electron chi connectivity index (χ0n) is 16.1. The summed E-state index contributed by atoms with van der Waals surface area (Å²) in [5, 5.41) is 4.02. The van der Waals surface area contributed by atoms with Crippen molar-refractivity contribution in [2.75, 3.05) is 17.6 Å². The molecule has 0 unspecified atom stereocenters. The number of halogens is 4. The van der Waals surface area contributed by atoms with Crippen molar-refractivity contribution in [2.45, 2.75) is 6.18 Å². The number of nitrogen functional groups attached to an aromatic ring is 1. The molecule has 4 heterocycles. The second kappa shape index (κ2) is 8.09. The van der Waals surface area contributed by atoms with E-state index in [1.165, 1.54) is 12.4 Å². The Balaban J connectivity index is 1.58. The van der Waals surface area contributed by atoms with Crippen LogP contribution in [0.5, 0.6) is 0 Å². The van der Waals surface area contributed by atoms with Crippen LogP contribution in [0.2, 0.25) is 0 Å². The molecule has 4 aromatic heterocycles. The summed E-state index contributed by atoms with van der Waals surface area (Å²) in [6.07, 6.45) is 2.52. The number of amides is 2. The van der Waals surface area contributed by atoms with Gasteiger partial charge in [-0.1, -0.05) is 0 Å². The molecule has 0 aliphatic rings. The van der Waals surface area contributed by atoms with Crippen LogP contribution in [-0.2, 0) is 0 Å². The lowest BCUT2D eigenvalue weighted by Gasteiger charge is -2.10. The molecule has 0 aromatic carbocycles. The van der Waals surface area contributed by atoms with E-state index in [2.05, 4.69) is 25.3 Å². The molecule has 13 heteroatoms. The Labute approximate surface area is 177 Å². The number of nitrogens with zero attached hydrogens (tertiary/aromatic N) is 5. The number of pyridine rings is 2. The predicted octanol–water partition coefficient (Wildman–Crippen LogP) is 3.26. The number of nitrogens with one attached hydrogen (secondary N) is 2. The third-order valence-electron chi connectivity index (χ3n) is 4.28. The van der Waals surface area contributed by atoms with Crippen molar-refractivity contribution in [2.24, 2.45) is 0 Å². The summed E-state index contributed by atoms with van der Waals surface area (Å²) >= 11 is 0. The molecule has 32 heavy (non-hydrogen) atoms. The molecular formula is C19H14F4N8O. The molecule has 4 aromatic rings. The average molecular weight is 446 g/mol. The summed E-state index contributed by atoms with van der Waals surface area (Å²) in [4.78, 5) is 27.8. The number of nitrogens with two attached hydrogens (primary N) is 1. The monoisotopic (exact) mass is 446 g/mol. The van der Waals surface area contributed by atoms with E-state index < -0.39 is 24.6 Å². The second-order valence-corrected chi connectivity index (χ2v) is 6.60. The highest BCUT2D eigenvalue weighted by Crippen LogP contribution is 2.25. The van der Waals surface area contributed by atoms with E-state index in [9.17, 15) is 22.4 Å². The van der Waals surface area contributed by atoms with Crippen LogP contribution in [0, 0.1) is 5.82 Å². The van der Waals surface area contributed by atoms with Gasteiger partial charge < -0.3 is 16.4 Å². The molecule has 0 fully saturated rings. The summed E-state index contributed by atoms with van der Waals surface area (Å²) < 4.78 is 51.7. The van der Waals surface area contributed by atoms with Crippen LogP contribution in [-0.4, -0.2) is 43.1 Å². The number of carbonyl (C=O) groups excluding carboxylic acids is 1. The minimum absolute atomic E-state index is 0.198. The number of alkyl halides is 3. The molecule has 9 nitrogen and oxygen atoms in total. The van der Waals surface area contributed by atoms with Crippen LogP contribution in [0.25, 0.3) is 28.3 Å². The van der Waals surface area contributed by atoms with Crippen LogP contribution in [0.15, 0.2) is 49.2 Å². The number of hydrogen-bond acceptors (Lipinski definition) is 6. The van der Waals surface area contributed by atoms with Gasteiger partial charge >= 0.3 is 12.2 Å². The first-order chi connectivity index (χ1) is 15.2. The molecule has 0 saturated carbocycles. The molecule has 4 rings (SSSR count). The third-order valence-corrected chi connectivity index (χ3v) is 4.28. The molecule has 0 spiro atoms. The van der Waals surface area contributed by atoms with Gasteiger partial charge in [0.15, 0.2) is 17.5 Å². The Morgan fingerprint density at radius 2 is 1.91 bits per heavy atom. The van der Waals surface area contributed by atoms with Gasteiger partial charge in [0, 0.05) is 23.5 Å². The quantitative estimate of drug-likeness (QED) is 0.414. The van der Waals surface area contributed by atoms with Crippen molar-refractivity contribution in [1.82, 2.24) is 29.7 Å². The Hall–Kier alpha value is -4.29. The summed E-state index contributed by atoms with van der Waals surface area (Å²) in [5.41, 5.74) is 7.94. The minimum Gasteiger partial charge on any atom is -0.381 e. The van der Waals surface area contributed by atoms with Crippen molar-refractivity contribution in [1.29, 1.82) is 0 Å². The fraction of sp³-hybridized carbons (Fsp3) is 0.105. The van der Waals surface area contributed by atoms with Crippen LogP contribution in [0.1, 0.15) is 0 Å². The van der Waals surface area contributed by atoms with Gasteiger partial charge in [-0.15, -0.1) is 0 Å². The number of fused-ring (bicyclic) bond motifs is 1. The Morgan fingerprint density at radius 3 is 2.66 bits per heavy atom. The molecule has 2 amide bonds. The molecule has 0 aliphatic carbocycles. The SMILES string of the molecule is Nc1nc(-c2ccn3c(-c4cncc(NC(=O)NCC(F)(F)F)c4)cnc3c2)ncc1F. The molecule has 0 aliphatic heterocycles. The maximum Gasteiger partial charge on any atom is 0.405 e. The highest BCUT2D eigenvalue weighted by atomic mass is 19.4. The van der Waals surface area contributed by atoms with Crippen molar-refractivity contribution < 1.29 is 22.4 Å². The molecule has 164 valence electrons. The number of imidazole rings is 1. The van der Waals surface area contributed by atoms with Gasteiger partial charge in [-0.05, 0) is 18.2 Å². The first-order valence-corrected chi connectivity index (χ1v) is 9.02. The summed E-state index contributed by atoms with van der Waals surface area (Å²) in [6.45, 7) is -1.45. The highest BCUT2D eigenvalue weighted by Gasteiger charge is 2.27. The Kier molecular flexibility index (Phi) is 5.30. The minimum atomic E-state index is -4.52. The van der Waals surface area contributed by atoms with Crippen molar-refractivity contribution in [3.8, 4) is 22.6 Å². The molecule has 0 atom stereocenters. The number of rotatable bonds is 4. The van der Waals surface area contributed by atoms with Crippen LogP contribution in [0.4, 0.5) is 33.9 Å². The smallest absolute Gasteiger partial charge is 0.381 e. The second-order valence-electron chi connectivity index (χ2n) is 6.60. The fourth-order valence-electron chi connectivity index (χ4n) is 2.86. The zero-order chi connectivity index (χ0) is 22.9. The number of anilines is 2. The van der Waals surface area contributed by atoms with Crippen LogP contribution in [0.3, 0.4) is 0 Å². The standard InChI is InChI=1S/C19H14F4N8O/c20-13-7-27-17(30-16(13)24)10-1-2-31-14(8-26-15(31)4-10)11-3-12(6-25-5-11)29-18(32)28-9-19(21,22)23/h1-8H,9H2,(H2,24,27,30)(H2,28,29,32). The van der Waals surface area contributed by atoms with E-state index >= 15 is 0 Å². The zero-order valence-corrected chi connectivity index (χ0v) is 16.1. The van der Waals surface area contributed by atoms with Crippen molar-refractivity contribution in [3.63, 3.8) is 0 Å². The predicted molar refractivity (Wildman–Crippen MR) is 107 cm³/mol. The maximum atomic E-state index is 13.3. The van der Waals surface area contributed by atoms with Gasteiger partial charge in [0.05, 0.1) is 30.0 Å². The lowest BCUT2D eigenvalue weighted by atomic mass is 10.2. The van der Waals surface area contributed by atoms with E-state index in [0.29, 0.717) is 22.5 Å². The lowest BCUT2D eigenvalue weighted by molar-refractivity contribution is -0.122. The number of aromatic nitrogens is 5. The number of carbonyl (C=O) groups is 1. The average Bonchev–Trinajstić information content (AvgIpc) is 3.17. The van der Waals surface area contributed by atoms with E-state index in [1.54, 1.807) is 40.3 Å². The number of urea groups is 1. The van der Waals surface area contributed by atoms with Crippen molar-refractivity contribution >= 4 is 23.2 Å². The van der Waals surface area contributed by atoms with Gasteiger partial charge in [-0.25, -0.2) is 24.1 Å². The Bertz CT molecular complexity index is 1300. The molecule has 0 saturated heterocycles. The maximum absolute atomic E-state index is 13.3. The highest BCUT2D eigenvalue weighted by molar-refractivity contribution is 5.89. The van der Waals surface area contributed by atoms with Gasteiger partial charge in [0.1, 0.15) is 12.2 Å².